The molecule has 0 atom stereocenters. The van der Waals surface area contributed by atoms with Crippen molar-refractivity contribution in [3.8, 4) is 0 Å². The highest BCUT2D eigenvalue weighted by molar-refractivity contribution is 5.02. The van der Waals surface area contributed by atoms with Gasteiger partial charge in [-0.3, -0.25) is 0 Å². The van der Waals surface area contributed by atoms with Crippen molar-refractivity contribution in [2.24, 2.45) is 0 Å². The van der Waals surface area contributed by atoms with E-state index in [0.29, 0.717) is 0 Å². The summed E-state index contributed by atoms with van der Waals surface area (Å²) in [5.74, 6) is 0. The van der Waals surface area contributed by atoms with Gasteiger partial charge in [-0.2, -0.15) is 0 Å². The third kappa shape index (κ3) is 0.106. The van der Waals surface area contributed by atoms with E-state index in [2.05, 4.69) is 5.32 Å². The van der Waals surface area contributed by atoms with Gasteiger partial charge in [0.2, 0.25) is 0 Å². The van der Waals surface area contributed by atoms with E-state index in [1.165, 1.54) is 12.8 Å². The number of hydrogen-bond donors (Lipinski definition) is 1. The Bertz CT molecular complexity index is 40.4. The van der Waals surface area contributed by atoms with Gasteiger partial charge in [-0.1, -0.05) is 0 Å². The lowest BCUT2D eigenvalue weighted by molar-refractivity contribution is 0.102. The van der Waals surface area contributed by atoms with Crippen molar-refractivity contribution in [3.05, 3.63) is 0 Å². The Labute approximate surface area is 31.4 Å². The molecule has 2 bridgehead atoms. The fraction of sp³-hybridized carbons (Fsp3) is 1.00. The zero-order valence-corrected chi connectivity index (χ0v) is 3.07. The summed E-state index contributed by atoms with van der Waals surface area (Å²) in [6.07, 6.45) is 2.94. The maximum absolute atomic E-state index is 3.31. The molecule has 0 aromatic heterocycles. The summed E-state index contributed by atoms with van der Waals surface area (Å²) in [4.78, 5) is 0. The van der Waals surface area contributed by atoms with Gasteiger partial charge in [-0.25, -0.2) is 0 Å². The van der Waals surface area contributed by atoms with Crippen LogP contribution in [0.2, 0.25) is 0 Å². The second kappa shape index (κ2) is 0.432. The lowest BCUT2D eigenvalue weighted by Gasteiger charge is -2.51. The Balaban J connectivity index is 2.19. The normalized spacial score (nSPS) is 57.6. The minimum Gasteiger partial charge on any atom is -0.311 e. The molecule has 2 heterocycles. The largest absolute Gasteiger partial charge is 0.311 e. The summed E-state index contributed by atoms with van der Waals surface area (Å²) in [5.41, 5.74) is 0. The smallest absolute Gasteiger partial charge is 0.00993 e. The second-order valence-electron chi connectivity index (χ2n) is 2.03. The summed E-state index contributed by atoms with van der Waals surface area (Å²) in [6, 6.07) is 1.92. The van der Waals surface area contributed by atoms with Crippen LogP contribution < -0.4 is 5.32 Å². The molecule has 1 aliphatic carbocycles. The summed E-state index contributed by atoms with van der Waals surface area (Å²) in [5, 5.41) is 3.31. The molecule has 1 saturated carbocycles. The zero-order valence-electron chi connectivity index (χ0n) is 3.07. The Morgan fingerprint density at radius 3 is 1.40 bits per heavy atom. The molecule has 1 heteroatoms. The van der Waals surface area contributed by atoms with Gasteiger partial charge in [-0.05, 0) is 12.8 Å². The first-order chi connectivity index (χ1) is 2.45. The summed E-state index contributed by atoms with van der Waals surface area (Å²) in [7, 11) is 0. The van der Waals surface area contributed by atoms with Gasteiger partial charge in [0.05, 0.1) is 0 Å². The molecule has 0 aromatic carbocycles. The Kier molecular flexibility index (Phi) is 0.189. The number of hydrogen-bond acceptors (Lipinski definition) is 1. The van der Waals surface area contributed by atoms with Crippen LogP contribution in [0, 0.1) is 0 Å². The standard InChI is InChI=1S/C4H7N/c1-3-2-4(1)5-3/h3-5H,1-2H2. The van der Waals surface area contributed by atoms with Gasteiger partial charge in [0, 0.05) is 12.1 Å². The predicted octanol–water partition coefficient (Wildman–Crippen LogP) is 0.121. The highest BCUT2D eigenvalue weighted by atomic mass is 15.1. The molecular formula is C4H7N. The predicted molar refractivity (Wildman–Crippen MR) is 19.9 cm³/mol. The maximum Gasteiger partial charge on any atom is 0.00993 e. The highest BCUT2D eigenvalue weighted by Crippen LogP contribution is 2.31. The van der Waals surface area contributed by atoms with Crippen LogP contribution in [0.4, 0.5) is 0 Å². The summed E-state index contributed by atoms with van der Waals surface area (Å²) in [6.45, 7) is 0. The van der Waals surface area contributed by atoms with E-state index >= 15 is 0 Å². The van der Waals surface area contributed by atoms with Gasteiger partial charge in [0.25, 0.3) is 0 Å². The quantitative estimate of drug-likeness (QED) is 0.426. The van der Waals surface area contributed by atoms with Crippen molar-refractivity contribution in [2.75, 3.05) is 0 Å². The SMILES string of the molecule is C1C2CC1N2. The Morgan fingerprint density at radius 1 is 1.20 bits per heavy atom. The molecule has 0 amide bonds. The van der Waals surface area contributed by atoms with Crippen molar-refractivity contribution < 1.29 is 0 Å². The fourth-order valence-corrected chi connectivity index (χ4v) is 0.902. The minimum atomic E-state index is 0.958. The average molecular weight is 69.1 g/mol. The van der Waals surface area contributed by atoms with Crippen molar-refractivity contribution >= 4 is 0 Å². The van der Waals surface area contributed by atoms with Gasteiger partial charge in [0.15, 0.2) is 0 Å². The van der Waals surface area contributed by atoms with Crippen LogP contribution in [-0.4, -0.2) is 12.1 Å². The molecular weight excluding hydrogens is 62.1 g/mol. The molecule has 0 radical (unpaired) electrons. The lowest BCUT2D eigenvalue weighted by Crippen LogP contribution is -2.66. The molecule has 0 unspecified atom stereocenters. The Hall–Kier alpha value is -0.0400. The Morgan fingerprint density at radius 2 is 1.40 bits per heavy atom. The van der Waals surface area contributed by atoms with E-state index in [0.717, 1.165) is 12.1 Å². The molecule has 5 heavy (non-hydrogen) atoms. The van der Waals surface area contributed by atoms with E-state index in [1.807, 2.05) is 0 Å². The maximum atomic E-state index is 3.31. The van der Waals surface area contributed by atoms with Gasteiger partial charge >= 0.3 is 0 Å². The van der Waals surface area contributed by atoms with Crippen LogP contribution in [0.3, 0.4) is 0 Å². The molecule has 3 rings (SSSR count). The van der Waals surface area contributed by atoms with Gasteiger partial charge < -0.3 is 5.32 Å². The fourth-order valence-electron chi connectivity index (χ4n) is 0.902. The molecule has 1 nitrogen and oxygen atoms in total. The first-order valence-corrected chi connectivity index (χ1v) is 2.21. The first kappa shape index (κ1) is 2.19. The van der Waals surface area contributed by atoms with E-state index < -0.39 is 0 Å². The average Bonchev–Trinajstić information content (AvgIpc) is 0.592. The molecule has 28 valence electrons. The molecule has 2 saturated heterocycles. The van der Waals surface area contributed by atoms with Crippen molar-refractivity contribution in [1.29, 1.82) is 0 Å². The van der Waals surface area contributed by atoms with Crippen LogP contribution in [0.5, 0.6) is 0 Å². The monoisotopic (exact) mass is 69.1 g/mol. The van der Waals surface area contributed by atoms with Crippen molar-refractivity contribution in [3.63, 3.8) is 0 Å². The zero-order chi connectivity index (χ0) is 3.28. The molecule has 0 aromatic rings. The van der Waals surface area contributed by atoms with E-state index in [9.17, 15) is 0 Å². The number of rotatable bonds is 0. The van der Waals surface area contributed by atoms with Crippen molar-refractivity contribution in [1.82, 2.24) is 5.32 Å². The van der Waals surface area contributed by atoms with Gasteiger partial charge in [0.1, 0.15) is 0 Å². The van der Waals surface area contributed by atoms with Crippen LogP contribution in [0.1, 0.15) is 12.8 Å². The molecule has 3 fully saturated rings. The third-order valence-electron chi connectivity index (χ3n) is 1.61. The van der Waals surface area contributed by atoms with Crippen LogP contribution in [0.25, 0.3) is 0 Å². The molecule has 2 aliphatic heterocycles. The van der Waals surface area contributed by atoms with Crippen LogP contribution >= 0.6 is 0 Å². The summed E-state index contributed by atoms with van der Waals surface area (Å²) < 4.78 is 0. The highest BCUT2D eigenvalue weighted by Gasteiger charge is 2.40. The third-order valence-corrected chi connectivity index (χ3v) is 1.61. The molecule has 1 N–H and O–H groups in total. The lowest BCUT2D eigenvalue weighted by atomic mass is 9.76. The van der Waals surface area contributed by atoms with E-state index in [-0.39, 0.29) is 0 Å². The van der Waals surface area contributed by atoms with Crippen LogP contribution in [-0.2, 0) is 0 Å². The van der Waals surface area contributed by atoms with Gasteiger partial charge in [-0.15, -0.1) is 0 Å². The topological polar surface area (TPSA) is 12.0 Å². The minimum absolute atomic E-state index is 0.958. The number of nitrogens with one attached hydrogen (secondary N) is 1. The van der Waals surface area contributed by atoms with Crippen molar-refractivity contribution in [2.45, 2.75) is 24.9 Å². The second-order valence-corrected chi connectivity index (χ2v) is 2.03. The molecule has 0 spiro atoms. The molecule has 3 aliphatic rings. The van der Waals surface area contributed by atoms with E-state index in [4.69, 9.17) is 0 Å². The van der Waals surface area contributed by atoms with E-state index in [1.54, 1.807) is 0 Å². The van der Waals surface area contributed by atoms with Crippen LogP contribution in [0.15, 0.2) is 0 Å². The summed E-state index contributed by atoms with van der Waals surface area (Å²) >= 11 is 0. The first-order valence-electron chi connectivity index (χ1n) is 2.21.